The molecule has 104 valence electrons. The van der Waals surface area contributed by atoms with E-state index >= 15 is 0 Å². The van der Waals surface area contributed by atoms with Crippen molar-refractivity contribution in [1.82, 2.24) is 10.8 Å². The monoisotopic (exact) mass is 257 g/mol. The summed E-state index contributed by atoms with van der Waals surface area (Å²) in [5.41, 5.74) is 8.07. The topological polar surface area (TPSA) is 96.6 Å². The van der Waals surface area contributed by atoms with Crippen LogP contribution in [0, 0.1) is 0 Å². The number of nitrogens with two attached hydrogens (primary N) is 1. The van der Waals surface area contributed by atoms with Crippen molar-refractivity contribution in [3.05, 3.63) is 11.4 Å². The van der Waals surface area contributed by atoms with Crippen LogP contribution >= 0.6 is 0 Å². The minimum Gasteiger partial charge on any atom is -0.444 e. The predicted molar refractivity (Wildman–Crippen MR) is 67.8 cm³/mol. The standard InChI is InChI=1S/C12H23N3O3/c1-12(2,3)18-11(16)14-9-6-4-8(5-7-9)10(13)15-17/h9,15,17H,4-7,13H2,1-3H3,(H,14,16). The summed E-state index contributed by atoms with van der Waals surface area (Å²) in [6, 6.07) is 0.107. The zero-order valence-electron chi connectivity index (χ0n) is 11.2. The number of carbonyl (C=O) groups is 1. The van der Waals surface area contributed by atoms with Crippen LogP contribution in [0.25, 0.3) is 0 Å². The fraction of sp³-hybridized carbons (Fsp3) is 0.750. The van der Waals surface area contributed by atoms with Crippen LogP contribution in [0.3, 0.4) is 0 Å². The largest absolute Gasteiger partial charge is 0.444 e. The summed E-state index contributed by atoms with van der Waals surface area (Å²) in [6.07, 6.45) is 2.75. The second kappa shape index (κ2) is 5.95. The highest BCUT2D eigenvalue weighted by atomic mass is 16.6. The first-order valence-electron chi connectivity index (χ1n) is 6.19. The van der Waals surface area contributed by atoms with Crippen LogP contribution in [0.15, 0.2) is 11.4 Å². The average molecular weight is 257 g/mol. The molecular formula is C12H23N3O3. The maximum atomic E-state index is 11.6. The fourth-order valence-corrected chi connectivity index (χ4v) is 1.93. The number of allylic oxidation sites excluding steroid dienone is 1. The van der Waals surface area contributed by atoms with Crippen LogP contribution in [0.1, 0.15) is 46.5 Å². The number of nitrogens with one attached hydrogen (secondary N) is 2. The molecule has 5 N–H and O–H groups in total. The Morgan fingerprint density at radius 1 is 1.39 bits per heavy atom. The highest BCUT2D eigenvalue weighted by Crippen LogP contribution is 2.24. The first-order valence-corrected chi connectivity index (χ1v) is 6.19. The Labute approximate surface area is 108 Å². The molecule has 0 atom stereocenters. The van der Waals surface area contributed by atoms with E-state index in [1.807, 2.05) is 26.3 Å². The quantitative estimate of drug-likeness (QED) is 0.563. The van der Waals surface area contributed by atoms with E-state index in [1.165, 1.54) is 0 Å². The minimum absolute atomic E-state index is 0.107. The molecule has 0 aromatic heterocycles. The van der Waals surface area contributed by atoms with Gasteiger partial charge >= 0.3 is 6.09 Å². The third kappa shape index (κ3) is 4.83. The number of amides is 1. The van der Waals surface area contributed by atoms with Crippen LogP contribution in [0.2, 0.25) is 0 Å². The molecule has 0 saturated heterocycles. The van der Waals surface area contributed by atoms with Crippen LogP contribution in [0.4, 0.5) is 4.79 Å². The van der Waals surface area contributed by atoms with Gasteiger partial charge in [-0.1, -0.05) is 0 Å². The third-order valence-electron chi connectivity index (χ3n) is 2.81. The number of rotatable bonds is 2. The average Bonchev–Trinajstić information content (AvgIpc) is 2.26. The van der Waals surface area contributed by atoms with Crippen molar-refractivity contribution in [2.24, 2.45) is 5.73 Å². The van der Waals surface area contributed by atoms with Crippen molar-refractivity contribution in [2.75, 3.05) is 0 Å². The third-order valence-corrected chi connectivity index (χ3v) is 2.81. The van der Waals surface area contributed by atoms with Gasteiger partial charge in [-0.25, -0.2) is 4.79 Å². The summed E-state index contributed by atoms with van der Waals surface area (Å²) in [7, 11) is 0. The van der Waals surface area contributed by atoms with E-state index in [-0.39, 0.29) is 12.1 Å². The molecule has 0 aromatic rings. The van der Waals surface area contributed by atoms with Gasteiger partial charge in [-0.2, -0.15) is 0 Å². The summed E-state index contributed by atoms with van der Waals surface area (Å²) >= 11 is 0. The molecule has 0 radical (unpaired) electrons. The molecule has 1 rings (SSSR count). The van der Waals surface area contributed by atoms with E-state index in [4.69, 9.17) is 15.7 Å². The van der Waals surface area contributed by atoms with Crippen molar-refractivity contribution in [3.63, 3.8) is 0 Å². The van der Waals surface area contributed by atoms with Crippen LogP contribution in [-0.4, -0.2) is 22.9 Å². The van der Waals surface area contributed by atoms with Crippen molar-refractivity contribution in [3.8, 4) is 0 Å². The highest BCUT2D eigenvalue weighted by molar-refractivity contribution is 5.68. The van der Waals surface area contributed by atoms with Gasteiger partial charge in [-0.05, 0) is 52.0 Å². The van der Waals surface area contributed by atoms with Gasteiger partial charge in [0.15, 0.2) is 0 Å². The van der Waals surface area contributed by atoms with E-state index in [0.29, 0.717) is 5.82 Å². The van der Waals surface area contributed by atoms with Crippen LogP contribution in [0.5, 0.6) is 0 Å². The van der Waals surface area contributed by atoms with E-state index in [0.717, 1.165) is 31.3 Å². The van der Waals surface area contributed by atoms with Crippen molar-refractivity contribution < 1.29 is 14.7 Å². The van der Waals surface area contributed by atoms with E-state index in [9.17, 15) is 4.79 Å². The number of hydroxylamine groups is 1. The molecule has 1 saturated carbocycles. The molecule has 0 unspecified atom stereocenters. The van der Waals surface area contributed by atoms with Crippen LogP contribution < -0.4 is 16.5 Å². The zero-order valence-corrected chi connectivity index (χ0v) is 11.2. The van der Waals surface area contributed by atoms with Gasteiger partial charge < -0.3 is 15.8 Å². The summed E-state index contributed by atoms with van der Waals surface area (Å²) < 4.78 is 5.20. The Bertz CT molecular complexity index is 324. The summed E-state index contributed by atoms with van der Waals surface area (Å²) in [5, 5.41) is 11.5. The maximum absolute atomic E-state index is 11.6. The van der Waals surface area contributed by atoms with E-state index in [2.05, 4.69) is 5.32 Å². The first-order chi connectivity index (χ1) is 8.31. The van der Waals surface area contributed by atoms with Gasteiger partial charge in [0.2, 0.25) is 0 Å². The molecule has 1 aliphatic rings. The van der Waals surface area contributed by atoms with Crippen molar-refractivity contribution in [1.29, 1.82) is 0 Å². The lowest BCUT2D eigenvalue weighted by molar-refractivity contribution is 0.0496. The SMILES string of the molecule is CC(C)(C)OC(=O)NC1CCC(=C(N)NO)CC1. The Balaban J connectivity index is 2.38. The first kappa shape index (κ1) is 14.6. The van der Waals surface area contributed by atoms with Gasteiger partial charge in [-0.3, -0.25) is 10.7 Å². The molecule has 0 aromatic carbocycles. The lowest BCUT2D eigenvalue weighted by atomic mass is 9.91. The second-order valence-corrected chi connectivity index (χ2v) is 5.55. The molecule has 1 amide bonds. The molecule has 1 aliphatic carbocycles. The van der Waals surface area contributed by atoms with Gasteiger partial charge in [0.25, 0.3) is 0 Å². The highest BCUT2D eigenvalue weighted by Gasteiger charge is 2.23. The molecule has 6 nitrogen and oxygen atoms in total. The normalized spacial score (nSPS) is 20.2. The molecule has 0 heterocycles. The fourth-order valence-electron chi connectivity index (χ4n) is 1.93. The number of ether oxygens (including phenoxy) is 1. The molecule has 18 heavy (non-hydrogen) atoms. The van der Waals surface area contributed by atoms with Gasteiger partial charge in [0, 0.05) is 6.04 Å². The summed E-state index contributed by atoms with van der Waals surface area (Å²) in [5.74, 6) is 0.325. The Morgan fingerprint density at radius 3 is 2.39 bits per heavy atom. The number of hydrogen-bond acceptors (Lipinski definition) is 5. The van der Waals surface area contributed by atoms with Crippen molar-refractivity contribution >= 4 is 6.09 Å². The van der Waals surface area contributed by atoms with E-state index in [1.54, 1.807) is 0 Å². The van der Waals surface area contributed by atoms with Crippen LogP contribution in [-0.2, 0) is 4.74 Å². The molecular weight excluding hydrogens is 234 g/mol. The number of hydrogen-bond donors (Lipinski definition) is 4. The van der Waals surface area contributed by atoms with Gasteiger partial charge in [0.1, 0.15) is 11.4 Å². The second-order valence-electron chi connectivity index (χ2n) is 5.55. The number of alkyl carbamates (subject to hydrolysis) is 1. The molecule has 6 heteroatoms. The van der Waals surface area contributed by atoms with Gasteiger partial charge in [-0.15, -0.1) is 0 Å². The zero-order chi connectivity index (χ0) is 13.8. The number of carbonyl (C=O) groups excluding carboxylic acids is 1. The molecule has 0 spiro atoms. The lowest BCUT2D eigenvalue weighted by Gasteiger charge is -2.27. The molecule has 0 bridgehead atoms. The molecule has 0 aliphatic heterocycles. The summed E-state index contributed by atoms with van der Waals surface area (Å²) in [4.78, 5) is 11.6. The Hall–Kier alpha value is -1.43. The van der Waals surface area contributed by atoms with Crippen molar-refractivity contribution in [2.45, 2.75) is 58.1 Å². The Morgan fingerprint density at radius 2 is 1.94 bits per heavy atom. The minimum atomic E-state index is -0.477. The maximum Gasteiger partial charge on any atom is 0.407 e. The molecule has 1 fully saturated rings. The smallest absolute Gasteiger partial charge is 0.407 e. The lowest BCUT2D eigenvalue weighted by Crippen LogP contribution is -2.40. The predicted octanol–water partition coefficient (Wildman–Crippen LogP) is 1.60. The summed E-state index contributed by atoms with van der Waals surface area (Å²) in [6.45, 7) is 5.51. The van der Waals surface area contributed by atoms with E-state index < -0.39 is 5.60 Å². The Kier molecular flexibility index (Phi) is 4.84. The van der Waals surface area contributed by atoms with Gasteiger partial charge in [0.05, 0.1) is 0 Å².